The fraction of sp³-hybridized carbons (Fsp3) is 0.471. The first-order valence-electron chi connectivity index (χ1n) is 7.84. The van der Waals surface area contributed by atoms with Crippen molar-refractivity contribution in [2.24, 2.45) is 0 Å². The molecule has 4 nitrogen and oxygen atoms in total. The summed E-state index contributed by atoms with van der Waals surface area (Å²) in [6, 6.07) is 7.52. The SMILES string of the molecule is CCCc1cc([C@H]2CCCN2Cc2cc(Cl)ccc2O)no1. The normalized spacial score (nSPS) is 18.9. The highest BCUT2D eigenvalue weighted by molar-refractivity contribution is 6.30. The van der Waals surface area contributed by atoms with Gasteiger partial charge in [-0.25, -0.2) is 0 Å². The van der Waals surface area contributed by atoms with Crippen LogP contribution >= 0.6 is 11.6 Å². The van der Waals surface area contributed by atoms with Gasteiger partial charge in [-0.3, -0.25) is 4.90 Å². The van der Waals surface area contributed by atoms with Gasteiger partial charge in [-0.15, -0.1) is 0 Å². The van der Waals surface area contributed by atoms with E-state index in [-0.39, 0.29) is 6.04 Å². The molecule has 1 N–H and O–H groups in total. The number of rotatable bonds is 5. The number of aryl methyl sites for hydroxylation is 1. The number of hydrogen-bond donors (Lipinski definition) is 1. The lowest BCUT2D eigenvalue weighted by atomic mass is 10.1. The predicted molar refractivity (Wildman–Crippen MR) is 86.0 cm³/mol. The topological polar surface area (TPSA) is 49.5 Å². The summed E-state index contributed by atoms with van der Waals surface area (Å²) in [7, 11) is 0. The third kappa shape index (κ3) is 3.28. The van der Waals surface area contributed by atoms with E-state index in [4.69, 9.17) is 16.1 Å². The number of benzene rings is 1. The zero-order valence-electron chi connectivity index (χ0n) is 12.8. The van der Waals surface area contributed by atoms with E-state index in [0.717, 1.165) is 49.2 Å². The molecule has 1 aromatic carbocycles. The smallest absolute Gasteiger partial charge is 0.137 e. The first kappa shape index (κ1) is 15.4. The van der Waals surface area contributed by atoms with Gasteiger partial charge in [0.05, 0.1) is 6.04 Å². The van der Waals surface area contributed by atoms with Gasteiger partial charge in [-0.2, -0.15) is 0 Å². The van der Waals surface area contributed by atoms with Crippen molar-refractivity contribution < 1.29 is 9.63 Å². The molecular weight excluding hydrogens is 300 g/mol. The molecule has 2 heterocycles. The van der Waals surface area contributed by atoms with E-state index in [2.05, 4.69) is 23.0 Å². The number of halogens is 1. The first-order chi connectivity index (χ1) is 10.7. The molecule has 0 aliphatic carbocycles. The monoisotopic (exact) mass is 320 g/mol. The molecule has 0 amide bonds. The van der Waals surface area contributed by atoms with Crippen molar-refractivity contribution in [2.75, 3.05) is 6.54 Å². The van der Waals surface area contributed by atoms with Crippen LogP contribution in [0.1, 0.15) is 49.2 Å². The van der Waals surface area contributed by atoms with Crippen molar-refractivity contribution in [3.63, 3.8) is 0 Å². The number of aromatic hydroxyl groups is 1. The van der Waals surface area contributed by atoms with Crippen LogP contribution in [0.15, 0.2) is 28.8 Å². The molecule has 3 rings (SSSR count). The Labute approximate surface area is 135 Å². The van der Waals surface area contributed by atoms with E-state index < -0.39 is 0 Å². The van der Waals surface area contributed by atoms with Gasteiger partial charge < -0.3 is 9.63 Å². The maximum absolute atomic E-state index is 10.0. The van der Waals surface area contributed by atoms with Gasteiger partial charge in [0.2, 0.25) is 0 Å². The second kappa shape index (κ2) is 6.71. The highest BCUT2D eigenvalue weighted by Gasteiger charge is 2.29. The molecular formula is C17H21ClN2O2. The van der Waals surface area contributed by atoms with Crippen molar-refractivity contribution in [3.8, 4) is 5.75 Å². The third-order valence-corrected chi connectivity index (χ3v) is 4.43. The van der Waals surface area contributed by atoms with E-state index >= 15 is 0 Å². The summed E-state index contributed by atoms with van der Waals surface area (Å²) >= 11 is 6.04. The minimum Gasteiger partial charge on any atom is -0.508 e. The summed E-state index contributed by atoms with van der Waals surface area (Å²) in [5.74, 6) is 1.25. The molecule has 22 heavy (non-hydrogen) atoms. The fourth-order valence-corrected chi connectivity index (χ4v) is 3.29. The second-order valence-corrected chi connectivity index (χ2v) is 6.31. The van der Waals surface area contributed by atoms with E-state index in [9.17, 15) is 5.11 Å². The molecule has 0 radical (unpaired) electrons. The molecule has 1 fully saturated rings. The molecule has 1 saturated heterocycles. The van der Waals surface area contributed by atoms with Gasteiger partial charge in [0.15, 0.2) is 0 Å². The third-order valence-electron chi connectivity index (χ3n) is 4.19. The Morgan fingerprint density at radius 1 is 1.41 bits per heavy atom. The zero-order chi connectivity index (χ0) is 15.5. The van der Waals surface area contributed by atoms with Crippen molar-refractivity contribution in [1.29, 1.82) is 0 Å². The number of hydrogen-bond acceptors (Lipinski definition) is 4. The number of aromatic nitrogens is 1. The quantitative estimate of drug-likeness (QED) is 0.891. The number of likely N-dealkylation sites (tertiary alicyclic amines) is 1. The van der Waals surface area contributed by atoms with Crippen molar-refractivity contribution >= 4 is 11.6 Å². The van der Waals surface area contributed by atoms with Crippen LogP contribution in [-0.2, 0) is 13.0 Å². The standard InChI is InChI=1S/C17H21ClN2O2/c1-2-4-14-10-15(19-22-14)16-5-3-8-20(16)11-12-9-13(18)6-7-17(12)21/h6-7,9-10,16,21H,2-5,8,11H2,1H3/t16-/m1/s1. The summed E-state index contributed by atoms with van der Waals surface area (Å²) in [5.41, 5.74) is 1.86. The van der Waals surface area contributed by atoms with Gasteiger partial charge in [-0.05, 0) is 44.0 Å². The highest BCUT2D eigenvalue weighted by atomic mass is 35.5. The maximum Gasteiger partial charge on any atom is 0.137 e. The fourth-order valence-electron chi connectivity index (χ4n) is 3.10. The molecule has 0 spiro atoms. The van der Waals surface area contributed by atoms with Crippen LogP contribution in [0.5, 0.6) is 5.75 Å². The Hall–Kier alpha value is -1.52. The van der Waals surface area contributed by atoms with E-state index in [0.29, 0.717) is 17.3 Å². The molecule has 1 atom stereocenters. The highest BCUT2D eigenvalue weighted by Crippen LogP contribution is 2.34. The van der Waals surface area contributed by atoms with Gasteiger partial charge in [0.25, 0.3) is 0 Å². The first-order valence-corrected chi connectivity index (χ1v) is 8.22. The lowest BCUT2D eigenvalue weighted by molar-refractivity contribution is 0.233. The van der Waals surface area contributed by atoms with Gasteiger partial charge >= 0.3 is 0 Å². The molecule has 0 bridgehead atoms. The molecule has 1 aliphatic rings. The summed E-state index contributed by atoms with van der Waals surface area (Å²) in [5, 5.41) is 14.9. The van der Waals surface area contributed by atoms with Crippen LogP contribution in [0.4, 0.5) is 0 Å². The zero-order valence-corrected chi connectivity index (χ0v) is 13.5. The van der Waals surface area contributed by atoms with Gasteiger partial charge in [0.1, 0.15) is 17.2 Å². The Morgan fingerprint density at radius 3 is 3.09 bits per heavy atom. The summed E-state index contributed by atoms with van der Waals surface area (Å²) < 4.78 is 5.41. The predicted octanol–water partition coefficient (Wildman–Crippen LogP) is 4.32. The van der Waals surface area contributed by atoms with Crippen LogP contribution in [-0.4, -0.2) is 21.7 Å². The molecule has 2 aromatic rings. The lowest BCUT2D eigenvalue weighted by Crippen LogP contribution is -2.23. The average molecular weight is 321 g/mol. The number of phenolic OH excluding ortho intramolecular Hbond substituents is 1. The van der Waals surface area contributed by atoms with E-state index in [1.165, 1.54) is 0 Å². The minimum atomic E-state index is 0.257. The van der Waals surface area contributed by atoms with Gasteiger partial charge in [0, 0.05) is 29.6 Å². The van der Waals surface area contributed by atoms with Crippen LogP contribution in [0.3, 0.4) is 0 Å². The molecule has 0 saturated carbocycles. The molecule has 5 heteroatoms. The minimum absolute atomic E-state index is 0.257. The maximum atomic E-state index is 10.0. The number of nitrogens with zero attached hydrogens (tertiary/aromatic N) is 2. The average Bonchev–Trinajstić information content (AvgIpc) is 3.12. The van der Waals surface area contributed by atoms with Crippen LogP contribution in [0, 0.1) is 0 Å². The molecule has 1 aromatic heterocycles. The van der Waals surface area contributed by atoms with Gasteiger partial charge in [-0.1, -0.05) is 23.7 Å². The largest absolute Gasteiger partial charge is 0.508 e. The Morgan fingerprint density at radius 2 is 2.27 bits per heavy atom. The Balaban J connectivity index is 1.76. The van der Waals surface area contributed by atoms with Crippen molar-refractivity contribution in [3.05, 3.63) is 46.3 Å². The van der Waals surface area contributed by atoms with Crippen LogP contribution in [0.25, 0.3) is 0 Å². The molecule has 1 aliphatic heterocycles. The summed E-state index contributed by atoms with van der Waals surface area (Å²) in [6.07, 6.45) is 4.18. The molecule has 0 unspecified atom stereocenters. The van der Waals surface area contributed by atoms with Crippen LogP contribution < -0.4 is 0 Å². The Bertz CT molecular complexity index is 641. The van der Waals surface area contributed by atoms with E-state index in [1.807, 2.05) is 6.07 Å². The van der Waals surface area contributed by atoms with E-state index in [1.54, 1.807) is 12.1 Å². The number of phenols is 1. The van der Waals surface area contributed by atoms with Crippen molar-refractivity contribution in [1.82, 2.24) is 10.1 Å². The Kier molecular flexibility index (Phi) is 4.69. The lowest BCUT2D eigenvalue weighted by Gasteiger charge is -2.23. The second-order valence-electron chi connectivity index (χ2n) is 5.87. The summed E-state index contributed by atoms with van der Waals surface area (Å²) in [6.45, 7) is 3.80. The summed E-state index contributed by atoms with van der Waals surface area (Å²) in [4.78, 5) is 2.33. The molecule has 118 valence electrons. The van der Waals surface area contributed by atoms with Crippen molar-refractivity contribution in [2.45, 2.75) is 45.2 Å². The van der Waals surface area contributed by atoms with Crippen LogP contribution in [0.2, 0.25) is 5.02 Å².